The van der Waals surface area contributed by atoms with Crippen LogP contribution in [0.25, 0.3) is 0 Å². The van der Waals surface area contributed by atoms with Crippen molar-refractivity contribution in [2.75, 3.05) is 4.31 Å². The first kappa shape index (κ1) is 15.9. The normalized spacial score (nSPS) is 15.0. The first-order valence-electron chi connectivity index (χ1n) is 7.55. The number of anilines is 1. The highest BCUT2D eigenvalue weighted by atomic mass is 35.5. The number of pyridine rings is 1. The fraction of sp³-hybridized carbons (Fsp3) is 0.0556. The second kappa shape index (κ2) is 6.06. The van der Waals surface area contributed by atoms with Crippen molar-refractivity contribution < 1.29 is 13.2 Å². The van der Waals surface area contributed by atoms with E-state index in [1.54, 1.807) is 60.7 Å². The minimum atomic E-state index is -3.60. The molecular formula is C18H13ClN2O3S. The van der Waals surface area contributed by atoms with Crippen LogP contribution in [0.15, 0.2) is 71.6 Å². The lowest BCUT2D eigenvalue weighted by Crippen LogP contribution is -2.24. The van der Waals surface area contributed by atoms with Gasteiger partial charge in [-0.3, -0.25) is 0 Å². The van der Waals surface area contributed by atoms with Crippen LogP contribution in [-0.4, -0.2) is 13.4 Å². The van der Waals surface area contributed by atoms with E-state index in [1.807, 2.05) is 6.07 Å². The van der Waals surface area contributed by atoms with Crippen molar-refractivity contribution in [1.82, 2.24) is 4.98 Å². The summed E-state index contributed by atoms with van der Waals surface area (Å²) in [5.41, 5.74) is 0.755. The van der Waals surface area contributed by atoms with Gasteiger partial charge in [-0.2, -0.15) is 4.98 Å². The average Bonchev–Trinajstić information content (AvgIpc) is 2.87. The number of halogens is 1. The number of hydrogen-bond donors (Lipinski definition) is 0. The molecule has 5 nitrogen and oxygen atoms in total. The predicted octanol–water partition coefficient (Wildman–Crippen LogP) is 4.24. The molecule has 0 fully saturated rings. The molecule has 0 amide bonds. The molecule has 0 radical (unpaired) electrons. The summed E-state index contributed by atoms with van der Waals surface area (Å²) >= 11 is 5.95. The van der Waals surface area contributed by atoms with Gasteiger partial charge < -0.3 is 4.74 Å². The molecule has 0 N–H and O–H groups in total. The minimum Gasteiger partial charge on any atom is -0.439 e. The Balaban J connectivity index is 1.67. The smallest absolute Gasteiger partial charge is 0.266 e. The number of benzene rings is 2. The number of ether oxygens (including phenoxy) is 1. The van der Waals surface area contributed by atoms with Gasteiger partial charge in [0, 0.05) is 11.1 Å². The zero-order valence-electron chi connectivity index (χ0n) is 13.0. The molecule has 0 bridgehead atoms. The third-order valence-electron chi connectivity index (χ3n) is 3.84. The van der Waals surface area contributed by atoms with Crippen molar-refractivity contribution in [3.8, 4) is 11.6 Å². The monoisotopic (exact) mass is 372 g/mol. The number of nitrogens with zero attached hydrogens (tertiary/aromatic N) is 2. The summed E-state index contributed by atoms with van der Waals surface area (Å²) in [6.45, 7) is 0.256. The second-order valence-corrected chi connectivity index (χ2v) is 7.78. The topological polar surface area (TPSA) is 59.5 Å². The molecule has 7 heteroatoms. The summed E-state index contributed by atoms with van der Waals surface area (Å²) in [6.07, 6.45) is 0. The molecule has 0 unspecified atom stereocenters. The molecule has 2 aromatic carbocycles. The summed E-state index contributed by atoms with van der Waals surface area (Å²) < 4.78 is 32.4. The predicted molar refractivity (Wildman–Crippen MR) is 95.6 cm³/mol. The van der Waals surface area contributed by atoms with E-state index in [0.29, 0.717) is 27.4 Å². The van der Waals surface area contributed by atoms with Gasteiger partial charge in [-0.25, -0.2) is 12.7 Å². The zero-order valence-corrected chi connectivity index (χ0v) is 14.5. The Morgan fingerprint density at radius 3 is 2.60 bits per heavy atom. The summed E-state index contributed by atoms with van der Waals surface area (Å²) in [5.74, 6) is 1.14. The molecule has 25 heavy (non-hydrogen) atoms. The molecule has 3 aromatic rings. The van der Waals surface area contributed by atoms with Crippen molar-refractivity contribution in [3.05, 3.63) is 77.3 Å². The van der Waals surface area contributed by atoms with E-state index in [2.05, 4.69) is 4.98 Å². The Labute approximate surface area is 150 Å². The summed E-state index contributed by atoms with van der Waals surface area (Å²) in [4.78, 5) is 4.66. The molecule has 4 rings (SSSR count). The van der Waals surface area contributed by atoms with Gasteiger partial charge in [0.05, 0.1) is 11.4 Å². The minimum absolute atomic E-state index is 0.256. The van der Waals surface area contributed by atoms with Crippen molar-refractivity contribution >= 4 is 27.4 Å². The van der Waals surface area contributed by atoms with Crippen LogP contribution >= 0.6 is 11.6 Å². The molecule has 2 heterocycles. The van der Waals surface area contributed by atoms with E-state index in [-0.39, 0.29) is 6.54 Å². The molecule has 0 atom stereocenters. The molecule has 0 saturated carbocycles. The van der Waals surface area contributed by atoms with Gasteiger partial charge in [0.2, 0.25) is 5.88 Å². The van der Waals surface area contributed by atoms with Crippen LogP contribution in [0.1, 0.15) is 5.56 Å². The molecule has 0 spiro atoms. The van der Waals surface area contributed by atoms with Crippen LogP contribution < -0.4 is 9.04 Å². The summed E-state index contributed by atoms with van der Waals surface area (Å²) in [6, 6.07) is 18.9. The third-order valence-corrected chi connectivity index (χ3v) is 5.92. The summed E-state index contributed by atoms with van der Waals surface area (Å²) in [5, 5.41) is 0.547. The Kier molecular flexibility index (Phi) is 3.86. The van der Waals surface area contributed by atoms with Crippen LogP contribution in [0.5, 0.6) is 11.6 Å². The highest BCUT2D eigenvalue weighted by Crippen LogP contribution is 2.34. The lowest BCUT2D eigenvalue weighted by atomic mass is 10.2. The number of aromatic nitrogens is 1. The average molecular weight is 373 g/mol. The maximum Gasteiger partial charge on any atom is 0.266 e. The van der Waals surface area contributed by atoms with Gasteiger partial charge in [-0.15, -0.1) is 0 Å². The van der Waals surface area contributed by atoms with E-state index < -0.39 is 10.0 Å². The molecule has 1 aliphatic rings. The van der Waals surface area contributed by atoms with Gasteiger partial charge in [0.25, 0.3) is 10.0 Å². The van der Waals surface area contributed by atoms with E-state index in [1.165, 1.54) is 4.31 Å². The highest BCUT2D eigenvalue weighted by Gasteiger charge is 2.35. The van der Waals surface area contributed by atoms with E-state index in [9.17, 15) is 8.42 Å². The number of fused-ring (bicyclic) bond motifs is 1. The van der Waals surface area contributed by atoms with Crippen LogP contribution in [-0.2, 0) is 16.6 Å². The Morgan fingerprint density at radius 2 is 1.80 bits per heavy atom. The van der Waals surface area contributed by atoms with Crippen LogP contribution in [0, 0.1) is 0 Å². The third kappa shape index (κ3) is 2.94. The maximum absolute atomic E-state index is 12.7. The molecular weight excluding hydrogens is 360 g/mol. The van der Waals surface area contributed by atoms with Gasteiger partial charge >= 0.3 is 0 Å². The zero-order chi connectivity index (χ0) is 17.4. The molecule has 0 aliphatic carbocycles. The standard InChI is InChI=1S/C18H13ClN2O3S/c19-14-6-3-7-15(11-14)24-18-10-4-9-17(20-18)21-12-13-5-1-2-8-16(13)25(21,22)23/h1-11H,12H2. The number of sulfonamides is 1. The van der Waals surface area contributed by atoms with Gasteiger partial charge in [0.15, 0.2) is 0 Å². The summed E-state index contributed by atoms with van der Waals surface area (Å²) in [7, 11) is -3.60. The molecule has 1 aliphatic heterocycles. The van der Waals surface area contributed by atoms with E-state index in [4.69, 9.17) is 16.3 Å². The van der Waals surface area contributed by atoms with Crippen molar-refractivity contribution in [2.24, 2.45) is 0 Å². The Morgan fingerprint density at radius 1 is 1.00 bits per heavy atom. The van der Waals surface area contributed by atoms with E-state index >= 15 is 0 Å². The lowest BCUT2D eigenvalue weighted by Gasteiger charge is -2.16. The maximum atomic E-state index is 12.7. The van der Waals surface area contributed by atoms with Gasteiger partial charge in [-0.05, 0) is 35.9 Å². The number of rotatable bonds is 3. The largest absolute Gasteiger partial charge is 0.439 e. The first-order chi connectivity index (χ1) is 12.0. The van der Waals surface area contributed by atoms with Crippen molar-refractivity contribution in [2.45, 2.75) is 11.4 Å². The first-order valence-corrected chi connectivity index (χ1v) is 9.37. The lowest BCUT2D eigenvalue weighted by molar-refractivity contribution is 0.463. The Hall–Kier alpha value is -2.57. The fourth-order valence-electron chi connectivity index (χ4n) is 2.70. The highest BCUT2D eigenvalue weighted by molar-refractivity contribution is 7.93. The quantitative estimate of drug-likeness (QED) is 0.690. The molecule has 1 aromatic heterocycles. The van der Waals surface area contributed by atoms with Crippen LogP contribution in [0.3, 0.4) is 0 Å². The van der Waals surface area contributed by atoms with Gasteiger partial charge in [-0.1, -0.05) is 41.9 Å². The van der Waals surface area contributed by atoms with Gasteiger partial charge in [0.1, 0.15) is 11.6 Å². The fourth-order valence-corrected chi connectivity index (χ4v) is 4.49. The van der Waals surface area contributed by atoms with Crippen molar-refractivity contribution in [1.29, 1.82) is 0 Å². The SMILES string of the molecule is O=S1(=O)c2ccccc2CN1c1cccc(Oc2cccc(Cl)c2)n1. The number of hydrogen-bond acceptors (Lipinski definition) is 4. The van der Waals surface area contributed by atoms with Crippen molar-refractivity contribution in [3.63, 3.8) is 0 Å². The van der Waals surface area contributed by atoms with E-state index in [0.717, 1.165) is 5.56 Å². The molecule has 126 valence electrons. The van der Waals surface area contributed by atoms with Crippen LogP contribution in [0.4, 0.5) is 5.82 Å². The van der Waals surface area contributed by atoms with Crippen LogP contribution in [0.2, 0.25) is 5.02 Å². The Bertz CT molecular complexity index is 1050. The molecule has 0 saturated heterocycles. The second-order valence-electron chi connectivity index (χ2n) is 5.51.